The molecule has 2 atom stereocenters. The van der Waals surface area contributed by atoms with Gasteiger partial charge in [0.1, 0.15) is 4.75 Å². The molecule has 1 aromatic rings. The van der Waals surface area contributed by atoms with Crippen LogP contribution < -0.4 is 10.5 Å². The molecule has 3 N–H and O–H groups in total. The highest BCUT2D eigenvalue weighted by atomic mass is 79.9. The van der Waals surface area contributed by atoms with Gasteiger partial charge in [0.2, 0.25) is 0 Å². The number of rotatable bonds is 4. The van der Waals surface area contributed by atoms with Gasteiger partial charge in [-0.25, -0.2) is 0 Å². The summed E-state index contributed by atoms with van der Waals surface area (Å²) in [6, 6.07) is 5.38. The average Bonchev–Trinajstić information content (AvgIpc) is 2.22. The van der Waals surface area contributed by atoms with Gasteiger partial charge in [0.25, 0.3) is 0 Å². The zero-order valence-corrected chi connectivity index (χ0v) is 13.8. The lowest BCUT2D eigenvalue weighted by atomic mass is 10.1. The lowest BCUT2D eigenvalue weighted by molar-refractivity contribution is 0.525. The molecule has 0 saturated heterocycles. The first kappa shape index (κ1) is 16.3. The third-order valence-corrected chi connectivity index (χ3v) is 4.62. The zero-order valence-electron chi connectivity index (χ0n) is 10.7. The Bertz CT molecular complexity index is 391. The predicted molar refractivity (Wildman–Crippen MR) is 82.0 cm³/mol. The quantitative estimate of drug-likeness (QED) is 0.817. The maximum atomic E-state index is 12.1. The molecule has 0 aliphatic carbocycles. The number of hydrogen-bond acceptors (Lipinski definition) is 3. The number of nitrogens with one attached hydrogen (secondary N) is 1. The molecule has 0 bridgehead atoms. The second kappa shape index (κ2) is 6.59. The molecule has 0 heterocycles. The number of hydrogen-bond donors (Lipinski definition) is 2. The van der Waals surface area contributed by atoms with E-state index in [9.17, 15) is 4.55 Å². The first-order valence-electron chi connectivity index (χ1n) is 5.58. The Labute approximate surface area is 125 Å². The Hall–Kier alpha value is 0.220. The van der Waals surface area contributed by atoms with Gasteiger partial charge in [-0.05, 0) is 44.5 Å². The van der Waals surface area contributed by atoms with Gasteiger partial charge >= 0.3 is 0 Å². The van der Waals surface area contributed by atoms with Crippen LogP contribution >= 0.6 is 27.5 Å². The van der Waals surface area contributed by atoms with Crippen molar-refractivity contribution in [3.63, 3.8) is 0 Å². The summed E-state index contributed by atoms with van der Waals surface area (Å²) < 4.78 is 15.7. The SMILES string of the molecule is CC(C)(C)[S+]([O-])N[C@@H](CN)c1cc(Cl)cc(Br)c1. The van der Waals surface area contributed by atoms with Crippen molar-refractivity contribution in [2.24, 2.45) is 5.73 Å². The minimum atomic E-state index is -1.17. The zero-order chi connectivity index (χ0) is 13.9. The lowest BCUT2D eigenvalue weighted by Crippen LogP contribution is -2.43. The summed E-state index contributed by atoms with van der Waals surface area (Å²) in [5, 5.41) is 0.626. The first-order valence-corrected chi connectivity index (χ1v) is 7.90. The Morgan fingerprint density at radius 2 is 2.06 bits per heavy atom. The van der Waals surface area contributed by atoms with Crippen molar-refractivity contribution < 1.29 is 4.55 Å². The summed E-state index contributed by atoms with van der Waals surface area (Å²) in [7, 11) is 0. The fraction of sp³-hybridized carbons (Fsp3) is 0.500. The smallest absolute Gasteiger partial charge is 0.136 e. The topological polar surface area (TPSA) is 61.1 Å². The van der Waals surface area contributed by atoms with Crippen LogP contribution in [-0.2, 0) is 11.4 Å². The predicted octanol–water partition coefficient (Wildman–Crippen LogP) is 3.15. The van der Waals surface area contributed by atoms with Gasteiger partial charge < -0.3 is 10.3 Å². The van der Waals surface area contributed by atoms with Gasteiger partial charge in [0.15, 0.2) is 0 Å². The fourth-order valence-corrected chi connectivity index (χ4v) is 3.07. The van der Waals surface area contributed by atoms with E-state index < -0.39 is 11.4 Å². The highest BCUT2D eigenvalue weighted by molar-refractivity contribution is 9.10. The lowest BCUT2D eigenvalue weighted by Gasteiger charge is -2.27. The maximum absolute atomic E-state index is 12.1. The van der Waals surface area contributed by atoms with E-state index in [4.69, 9.17) is 17.3 Å². The summed E-state index contributed by atoms with van der Waals surface area (Å²) in [5.41, 5.74) is 6.67. The summed E-state index contributed by atoms with van der Waals surface area (Å²) in [4.78, 5) is 0. The molecular weight excluding hydrogens is 336 g/mol. The average molecular weight is 354 g/mol. The van der Waals surface area contributed by atoms with Crippen molar-refractivity contribution in [3.05, 3.63) is 33.3 Å². The highest BCUT2D eigenvalue weighted by Gasteiger charge is 2.29. The first-order chi connectivity index (χ1) is 8.24. The van der Waals surface area contributed by atoms with Crippen LogP contribution in [0.3, 0.4) is 0 Å². The van der Waals surface area contributed by atoms with E-state index in [1.54, 1.807) is 6.07 Å². The Morgan fingerprint density at radius 1 is 1.44 bits per heavy atom. The van der Waals surface area contributed by atoms with Gasteiger partial charge in [-0.1, -0.05) is 27.5 Å². The van der Waals surface area contributed by atoms with E-state index in [0.29, 0.717) is 11.6 Å². The summed E-state index contributed by atoms with van der Waals surface area (Å²) >= 11 is 8.22. The van der Waals surface area contributed by atoms with Gasteiger partial charge in [0.05, 0.1) is 6.04 Å². The molecule has 1 unspecified atom stereocenters. The molecule has 0 saturated carbocycles. The molecule has 0 radical (unpaired) electrons. The second-order valence-electron chi connectivity index (χ2n) is 4.99. The van der Waals surface area contributed by atoms with Crippen LogP contribution in [0.15, 0.2) is 22.7 Å². The van der Waals surface area contributed by atoms with Crippen LogP contribution in [0.25, 0.3) is 0 Å². The van der Waals surface area contributed by atoms with E-state index in [2.05, 4.69) is 20.7 Å². The molecule has 1 aromatic carbocycles. The molecule has 3 nitrogen and oxygen atoms in total. The van der Waals surface area contributed by atoms with Crippen molar-refractivity contribution in [1.29, 1.82) is 0 Å². The Kier molecular flexibility index (Phi) is 5.96. The summed E-state index contributed by atoms with van der Waals surface area (Å²) in [5.74, 6) is 0. The van der Waals surface area contributed by atoms with E-state index in [1.807, 2.05) is 32.9 Å². The molecule has 102 valence electrons. The Balaban J connectivity index is 2.89. The van der Waals surface area contributed by atoms with E-state index in [1.165, 1.54) is 0 Å². The third-order valence-electron chi connectivity index (χ3n) is 2.33. The molecule has 6 heteroatoms. The van der Waals surface area contributed by atoms with Crippen molar-refractivity contribution in [2.45, 2.75) is 31.6 Å². The molecule has 0 spiro atoms. The van der Waals surface area contributed by atoms with Crippen molar-refractivity contribution in [2.75, 3.05) is 6.54 Å². The molecule has 18 heavy (non-hydrogen) atoms. The van der Waals surface area contributed by atoms with E-state index in [-0.39, 0.29) is 10.8 Å². The molecule has 0 aromatic heterocycles. The number of benzene rings is 1. The number of halogens is 2. The summed E-state index contributed by atoms with van der Waals surface area (Å²) in [6.45, 7) is 6.10. The molecular formula is C12H18BrClN2OS. The number of nitrogens with two attached hydrogens (primary N) is 1. The van der Waals surface area contributed by atoms with Gasteiger partial charge in [-0.15, -0.1) is 4.72 Å². The monoisotopic (exact) mass is 352 g/mol. The van der Waals surface area contributed by atoms with Gasteiger partial charge in [0, 0.05) is 27.4 Å². The van der Waals surface area contributed by atoms with Crippen molar-refractivity contribution in [1.82, 2.24) is 4.72 Å². The largest absolute Gasteiger partial charge is 0.598 e. The molecule has 1 rings (SSSR count). The normalized spacial score (nSPS) is 15.5. The standard InChI is InChI=1S/C12H18BrClN2OS/c1-12(2,3)18(17)16-11(7-15)8-4-9(13)6-10(14)5-8/h4-6,11,16H,7,15H2,1-3H3/t11-,18?/m0/s1. The van der Waals surface area contributed by atoms with Crippen LogP contribution in [0, 0.1) is 0 Å². The van der Waals surface area contributed by atoms with Gasteiger partial charge in [-0.3, -0.25) is 0 Å². The van der Waals surface area contributed by atoms with Crippen LogP contribution in [-0.4, -0.2) is 15.8 Å². The van der Waals surface area contributed by atoms with Gasteiger partial charge in [-0.2, -0.15) is 0 Å². The molecule has 0 fully saturated rings. The minimum absolute atomic E-state index is 0.181. The molecule has 0 aliphatic heterocycles. The molecule has 0 amide bonds. The third kappa shape index (κ3) is 4.72. The highest BCUT2D eigenvalue weighted by Crippen LogP contribution is 2.25. The molecule has 0 aliphatic rings. The fourth-order valence-electron chi connectivity index (χ4n) is 1.33. The van der Waals surface area contributed by atoms with Crippen molar-refractivity contribution >= 4 is 38.9 Å². The van der Waals surface area contributed by atoms with Crippen LogP contribution in [0.2, 0.25) is 5.02 Å². The van der Waals surface area contributed by atoms with E-state index >= 15 is 0 Å². The van der Waals surface area contributed by atoms with Crippen molar-refractivity contribution in [3.8, 4) is 0 Å². The Morgan fingerprint density at radius 3 is 2.50 bits per heavy atom. The summed E-state index contributed by atoms with van der Waals surface area (Å²) in [6.07, 6.45) is 0. The minimum Gasteiger partial charge on any atom is -0.598 e. The van der Waals surface area contributed by atoms with Crippen LogP contribution in [0.4, 0.5) is 0 Å². The second-order valence-corrected chi connectivity index (χ2v) is 8.34. The van der Waals surface area contributed by atoms with E-state index in [0.717, 1.165) is 10.0 Å². The van der Waals surface area contributed by atoms with Crippen LogP contribution in [0.5, 0.6) is 0 Å². The van der Waals surface area contributed by atoms with Crippen LogP contribution in [0.1, 0.15) is 32.4 Å². The maximum Gasteiger partial charge on any atom is 0.136 e.